The Kier molecular flexibility index (Phi) is 16.2. The normalized spacial score (nSPS) is 13.5. The molecule has 1 atom stereocenters. The van der Waals surface area contributed by atoms with Crippen LogP contribution in [0, 0.1) is 11.8 Å². The third kappa shape index (κ3) is 13.5. The first kappa shape index (κ1) is 44.5. The molecular formula is C45H51NO12S. The molecule has 0 radical (unpaired) electrons. The Morgan fingerprint density at radius 3 is 1.95 bits per heavy atom. The maximum absolute atomic E-state index is 14.3. The number of fused-ring (bicyclic) bond motifs is 1. The summed E-state index contributed by atoms with van der Waals surface area (Å²) >= 11 is 1.36. The Hall–Kier alpha value is -5.60. The number of thiophene rings is 1. The van der Waals surface area contributed by atoms with Crippen molar-refractivity contribution in [3.63, 3.8) is 0 Å². The maximum Gasteiger partial charge on any atom is 0.313 e. The van der Waals surface area contributed by atoms with Gasteiger partial charge in [0.15, 0.2) is 11.9 Å². The molecule has 14 heteroatoms. The second kappa shape index (κ2) is 21.4. The van der Waals surface area contributed by atoms with E-state index in [1.54, 1.807) is 87.5 Å². The molecule has 1 saturated heterocycles. The van der Waals surface area contributed by atoms with Crippen LogP contribution in [0.25, 0.3) is 20.5 Å². The van der Waals surface area contributed by atoms with E-state index >= 15 is 0 Å². The van der Waals surface area contributed by atoms with Gasteiger partial charge in [-0.2, -0.15) is 0 Å². The predicted molar refractivity (Wildman–Crippen MR) is 221 cm³/mol. The number of hydrogen-bond donors (Lipinski definition) is 0. The zero-order chi connectivity index (χ0) is 42.5. The Morgan fingerprint density at radius 2 is 1.32 bits per heavy atom. The first-order chi connectivity index (χ1) is 28.2. The van der Waals surface area contributed by atoms with E-state index in [0.29, 0.717) is 44.2 Å². The number of rotatable bonds is 19. The molecule has 0 aliphatic carbocycles. The van der Waals surface area contributed by atoms with E-state index in [2.05, 4.69) is 4.90 Å². The first-order valence-electron chi connectivity index (χ1n) is 19.8. The van der Waals surface area contributed by atoms with Gasteiger partial charge in [-0.3, -0.25) is 33.7 Å². The smallest absolute Gasteiger partial charge is 0.313 e. The number of piperidine rings is 1. The predicted octanol–water partition coefficient (Wildman–Crippen LogP) is 7.59. The Labute approximate surface area is 347 Å². The van der Waals surface area contributed by atoms with Crippen LogP contribution in [0.5, 0.6) is 17.2 Å². The van der Waals surface area contributed by atoms with Gasteiger partial charge in [-0.25, -0.2) is 0 Å². The van der Waals surface area contributed by atoms with Crippen molar-refractivity contribution in [3.05, 3.63) is 77.9 Å². The summed E-state index contributed by atoms with van der Waals surface area (Å²) in [5, 5.41) is 0.667. The van der Waals surface area contributed by atoms with Crippen molar-refractivity contribution in [2.75, 3.05) is 39.5 Å². The SMILES string of the molecule is CC(=O)OCC(COC(C)=O)OC(=O)CC(C)CC(=O)Oc1ccc2c(C(=O)c3ccc(OCCN4CCCCC4)cc3)c(-c3ccc(OC(=O)C(C)C)cc3)sc2c1. The fraction of sp³-hybridized carbons (Fsp3) is 0.422. The molecule has 0 spiro atoms. The van der Waals surface area contributed by atoms with Crippen LogP contribution in [0.3, 0.4) is 0 Å². The van der Waals surface area contributed by atoms with Gasteiger partial charge < -0.3 is 28.4 Å². The first-order valence-corrected chi connectivity index (χ1v) is 20.6. The lowest BCUT2D eigenvalue weighted by Crippen LogP contribution is -2.33. The third-order valence-electron chi connectivity index (χ3n) is 9.44. The molecule has 2 heterocycles. The van der Waals surface area contributed by atoms with Gasteiger partial charge in [0.1, 0.15) is 37.1 Å². The average molecular weight is 830 g/mol. The minimum Gasteiger partial charge on any atom is -0.492 e. The summed E-state index contributed by atoms with van der Waals surface area (Å²) < 4.78 is 33.0. The zero-order valence-corrected chi connectivity index (χ0v) is 34.9. The molecule has 5 rings (SSSR count). The summed E-state index contributed by atoms with van der Waals surface area (Å²) in [5.74, 6) is -2.42. The Balaban J connectivity index is 1.30. The van der Waals surface area contributed by atoms with Crippen molar-refractivity contribution >= 4 is 57.1 Å². The topological polar surface area (TPSA) is 161 Å². The second-order valence-electron chi connectivity index (χ2n) is 14.9. The highest BCUT2D eigenvalue weighted by molar-refractivity contribution is 7.22. The number of likely N-dealkylation sites (tertiary alicyclic amines) is 1. The molecule has 1 aliphatic heterocycles. The molecule has 1 fully saturated rings. The van der Waals surface area contributed by atoms with Crippen LogP contribution >= 0.6 is 11.3 Å². The van der Waals surface area contributed by atoms with Crippen LogP contribution in [-0.4, -0.2) is 86.1 Å². The Morgan fingerprint density at radius 1 is 0.712 bits per heavy atom. The lowest BCUT2D eigenvalue weighted by atomic mass is 9.97. The van der Waals surface area contributed by atoms with Crippen LogP contribution in [-0.2, 0) is 38.2 Å². The molecule has 0 bridgehead atoms. The summed E-state index contributed by atoms with van der Waals surface area (Å²) in [6.45, 7) is 10.6. The lowest BCUT2D eigenvalue weighted by Gasteiger charge is -2.26. The van der Waals surface area contributed by atoms with Crippen LogP contribution < -0.4 is 14.2 Å². The van der Waals surface area contributed by atoms with E-state index in [9.17, 15) is 28.8 Å². The number of benzene rings is 3. The van der Waals surface area contributed by atoms with Gasteiger partial charge in [-0.05, 0) is 104 Å². The quantitative estimate of drug-likeness (QED) is 0.0394. The summed E-state index contributed by atoms with van der Waals surface area (Å²) in [7, 11) is 0. The van der Waals surface area contributed by atoms with E-state index < -0.39 is 35.9 Å². The van der Waals surface area contributed by atoms with E-state index in [-0.39, 0.29) is 49.5 Å². The standard InChI is InChI=1S/C45H51NO12S/c1-28(2)45(52)58-35-15-11-33(12-16-35)44-42(43(51)32-9-13-34(14-10-32)53-22-21-46-19-7-6-8-20-46)38-18-17-36(25-39(38)59-44)56-40(49)23-29(3)24-41(50)57-37(26-54-30(4)47)27-55-31(5)48/h9-18,25,28-29,37H,6-8,19-24,26-27H2,1-5H3. The molecule has 0 N–H and O–H groups in total. The average Bonchev–Trinajstić information content (AvgIpc) is 3.58. The number of ether oxygens (including phenoxy) is 6. The molecule has 4 aromatic rings. The number of esters is 5. The van der Waals surface area contributed by atoms with Crippen LogP contribution in [0.4, 0.5) is 0 Å². The van der Waals surface area contributed by atoms with E-state index in [1.807, 2.05) is 0 Å². The van der Waals surface area contributed by atoms with Gasteiger partial charge in [-0.15, -0.1) is 11.3 Å². The van der Waals surface area contributed by atoms with E-state index in [4.69, 9.17) is 28.4 Å². The summed E-state index contributed by atoms with van der Waals surface area (Å²) in [6, 6.07) is 19.2. The highest BCUT2D eigenvalue weighted by Crippen LogP contribution is 2.42. The molecule has 3 aromatic carbocycles. The number of carbonyl (C=O) groups is 6. The molecule has 0 saturated carbocycles. The van der Waals surface area contributed by atoms with E-state index in [0.717, 1.165) is 25.2 Å². The number of ketones is 1. The highest BCUT2D eigenvalue weighted by atomic mass is 32.1. The van der Waals surface area contributed by atoms with Crippen molar-refractivity contribution in [2.45, 2.75) is 72.8 Å². The second-order valence-corrected chi connectivity index (χ2v) is 15.9. The van der Waals surface area contributed by atoms with Gasteiger partial charge >= 0.3 is 29.8 Å². The molecular weight excluding hydrogens is 779 g/mol. The number of hydrogen-bond acceptors (Lipinski definition) is 14. The van der Waals surface area contributed by atoms with Crippen LogP contribution in [0.15, 0.2) is 66.7 Å². The van der Waals surface area contributed by atoms with Crippen LogP contribution in [0.2, 0.25) is 0 Å². The molecule has 1 aromatic heterocycles. The fourth-order valence-electron chi connectivity index (χ4n) is 6.39. The molecule has 0 amide bonds. The van der Waals surface area contributed by atoms with Crippen molar-refractivity contribution in [1.82, 2.24) is 4.90 Å². The van der Waals surface area contributed by atoms with Crippen molar-refractivity contribution in [1.29, 1.82) is 0 Å². The molecule has 1 unspecified atom stereocenters. The summed E-state index contributed by atoms with van der Waals surface area (Å²) in [6.07, 6.45) is 2.44. The van der Waals surface area contributed by atoms with Crippen molar-refractivity contribution < 1.29 is 57.2 Å². The summed E-state index contributed by atoms with van der Waals surface area (Å²) in [5.41, 5.74) is 1.68. The highest BCUT2D eigenvalue weighted by Gasteiger charge is 2.25. The van der Waals surface area contributed by atoms with Crippen molar-refractivity contribution in [3.8, 4) is 27.7 Å². The number of nitrogens with zero attached hydrogens (tertiary/aromatic N) is 1. The largest absolute Gasteiger partial charge is 0.492 e. The lowest BCUT2D eigenvalue weighted by molar-refractivity contribution is -0.166. The molecule has 13 nitrogen and oxygen atoms in total. The Bertz CT molecular complexity index is 2080. The monoisotopic (exact) mass is 829 g/mol. The van der Waals surface area contributed by atoms with Crippen molar-refractivity contribution in [2.24, 2.45) is 11.8 Å². The zero-order valence-electron chi connectivity index (χ0n) is 34.1. The minimum atomic E-state index is -0.999. The summed E-state index contributed by atoms with van der Waals surface area (Å²) in [4.78, 5) is 77.8. The molecule has 314 valence electrons. The third-order valence-corrected chi connectivity index (χ3v) is 10.6. The van der Waals surface area contributed by atoms with E-state index in [1.165, 1.54) is 44.4 Å². The van der Waals surface area contributed by atoms with Gasteiger partial charge in [0.2, 0.25) is 0 Å². The maximum atomic E-state index is 14.3. The molecule has 1 aliphatic rings. The number of carbonyl (C=O) groups excluding carboxylic acids is 6. The van der Waals surface area contributed by atoms with Gasteiger partial charge in [0, 0.05) is 59.3 Å². The van der Waals surface area contributed by atoms with Crippen LogP contribution in [0.1, 0.15) is 82.6 Å². The van der Waals surface area contributed by atoms with Gasteiger partial charge in [0.25, 0.3) is 0 Å². The fourth-order valence-corrected chi connectivity index (χ4v) is 7.62. The minimum absolute atomic E-state index is 0.114. The molecule has 59 heavy (non-hydrogen) atoms. The van der Waals surface area contributed by atoms with Gasteiger partial charge in [-0.1, -0.05) is 27.2 Å². The van der Waals surface area contributed by atoms with Gasteiger partial charge in [0.05, 0.1) is 5.92 Å².